The van der Waals surface area contributed by atoms with E-state index in [1.807, 2.05) is 6.92 Å². The molecule has 3 heteroatoms. The van der Waals surface area contributed by atoms with Crippen molar-refractivity contribution >= 4 is 5.91 Å². The fourth-order valence-corrected chi connectivity index (χ4v) is 0.411. The van der Waals surface area contributed by atoms with E-state index in [-0.39, 0.29) is 5.91 Å². The van der Waals surface area contributed by atoms with E-state index >= 15 is 0 Å². The summed E-state index contributed by atoms with van der Waals surface area (Å²) in [5.41, 5.74) is 0.819. The molecule has 56 valence electrons. The van der Waals surface area contributed by atoms with E-state index in [0.717, 1.165) is 5.70 Å². The Labute approximate surface area is 60.8 Å². The van der Waals surface area contributed by atoms with Gasteiger partial charge in [0.15, 0.2) is 0 Å². The minimum Gasteiger partial charge on any atom is -0.391 e. The Morgan fingerprint density at radius 3 is 2.60 bits per heavy atom. The minimum absolute atomic E-state index is 0.165. The second-order valence-corrected chi connectivity index (χ2v) is 1.79. The Kier molecular flexibility index (Phi) is 4.04. The first-order chi connectivity index (χ1) is 4.70. The highest BCUT2D eigenvalue weighted by Gasteiger charge is 1.90. The maximum atomic E-state index is 10.7. The van der Waals surface area contributed by atoms with Crippen molar-refractivity contribution in [2.75, 3.05) is 7.05 Å². The topological polar surface area (TPSA) is 41.1 Å². The number of nitrogens with one attached hydrogen (secondary N) is 2. The van der Waals surface area contributed by atoms with Crippen LogP contribution in [0, 0.1) is 0 Å². The van der Waals surface area contributed by atoms with E-state index in [2.05, 4.69) is 17.2 Å². The average Bonchev–Trinajstić information content (AvgIpc) is 1.88. The van der Waals surface area contributed by atoms with Gasteiger partial charge in [0, 0.05) is 18.8 Å². The summed E-state index contributed by atoms with van der Waals surface area (Å²) in [6.07, 6.45) is 2.81. The van der Waals surface area contributed by atoms with Gasteiger partial charge in [-0.15, -0.1) is 0 Å². The molecule has 10 heavy (non-hydrogen) atoms. The van der Waals surface area contributed by atoms with Gasteiger partial charge < -0.3 is 10.6 Å². The molecule has 0 aliphatic carbocycles. The molecule has 0 aromatic heterocycles. The van der Waals surface area contributed by atoms with E-state index in [1.54, 1.807) is 7.05 Å². The summed E-state index contributed by atoms with van der Waals surface area (Å²) in [4.78, 5) is 10.7. The Morgan fingerprint density at radius 2 is 2.20 bits per heavy atom. The zero-order valence-corrected chi connectivity index (χ0v) is 6.27. The molecular formula is C7H12N2O. The van der Waals surface area contributed by atoms with Crippen LogP contribution in [-0.4, -0.2) is 13.0 Å². The first-order valence-corrected chi connectivity index (χ1v) is 2.98. The van der Waals surface area contributed by atoms with Crippen molar-refractivity contribution in [1.29, 1.82) is 0 Å². The highest BCUT2D eigenvalue weighted by atomic mass is 16.1. The highest BCUT2D eigenvalue weighted by Crippen LogP contribution is 1.82. The van der Waals surface area contributed by atoms with Crippen molar-refractivity contribution < 1.29 is 4.79 Å². The fraction of sp³-hybridized carbons (Fsp3) is 0.286. The lowest BCUT2D eigenvalue weighted by atomic mass is 10.4. The van der Waals surface area contributed by atoms with E-state index in [0.29, 0.717) is 0 Å². The van der Waals surface area contributed by atoms with E-state index in [1.165, 1.54) is 12.3 Å². The predicted molar refractivity (Wildman–Crippen MR) is 41.2 cm³/mol. The van der Waals surface area contributed by atoms with Crippen molar-refractivity contribution in [2.24, 2.45) is 0 Å². The molecule has 1 amide bonds. The van der Waals surface area contributed by atoms with Gasteiger partial charge in [-0.1, -0.05) is 6.58 Å². The van der Waals surface area contributed by atoms with Gasteiger partial charge in [0.25, 0.3) is 0 Å². The maximum Gasteiger partial charge on any atom is 0.249 e. The van der Waals surface area contributed by atoms with Crippen LogP contribution in [-0.2, 0) is 4.79 Å². The zero-order valence-electron chi connectivity index (χ0n) is 6.27. The molecule has 0 saturated heterocycles. The van der Waals surface area contributed by atoms with Gasteiger partial charge in [0.05, 0.1) is 0 Å². The number of allylic oxidation sites excluding steroid dienone is 1. The third-order valence-corrected chi connectivity index (χ3v) is 0.986. The second-order valence-electron chi connectivity index (χ2n) is 1.79. The summed E-state index contributed by atoms with van der Waals surface area (Å²) >= 11 is 0. The van der Waals surface area contributed by atoms with Crippen LogP contribution >= 0.6 is 0 Å². The number of hydrogen-bond donors (Lipinski definition) is 2. The highest BCUT2D eigenvalue weighted by molar-refractivity contribution is 5.88. The molecule has 0 aliphatic heterocycles. The van der Waals surface area contributed by atoms with Gasteiger partial charge in [-0.2, -0.15) is 0 Å². The molecular weight excluding hydrogens is 128 g/mol. The van der Waals surface area contributed by atoms with Crippen molar-refractivity contribution in [3.05, 3.63) is 24.6 Å². The fourth-order valence-electron chi connectivity index (χ4n) is 0.411. The second kappa shape index (κ2) is 4.61. The molecule has 0 aromatic carbocycles. The first-order valence-electron chi connectivity index (χ1n) is 2.98. The molecule has 0 fully saturated rings. The zero-order chi connectivity index (χ0) is 7.98. The van der Waals surface area contributed by atoms with Crippen molar-refractivity contribution in [1.82, 2.24) is 10.6 Å². The first kappa shape index (κ1) is 8.75. The molecule has 0 bridgehead atoms. The van der Waals surface area contributed by atoms with Crippen LogP contribution in [0.3, 0.4) is 0 Å². The summed E-state index contributed by atoms with van der Waals surface area (Å²) in [5, 5.41) is 5.24. The lowest BCUT2D eigenvalue weighted by molar-refractivity contribution is -0.115. The van der Waals surface area contributed by atoms with Crippen LogP contribution in [0.4, 0.5) is 0 Å². The van der Waals surface area contributed by atoms with Crippen LogP contribution in [0.2, 0.25) is 0 Å². The van der Waals surface area contributed by atoms with Gasteiger partial charge in [-0.05, 0) is 13.1 Å². The molecule has 0 spiro atoms. The predicted octanol–water partition coefficient (Wildman–Crippen LogP) is 0.369. The molecule has 0 aliphatic rings. The van der Waals surface area contributed by atoms with Crippen LogP contribution < -0.4 is 10.6 Å². The monoisotopic (exact) mass is 140 g/mol. The maximum absolute atomic E-state index is 10.7. The SMILES string of the molecule is C=CNC(=O)/C=C(/C)NC. The molecule has 3 nitrogen and oxygen atoms in total. The average molecular weight is 140 g/mol. The quantitative estimate of drug-likeness (QED) is 0.556. The van der Waals surface area contributed by atoms with E-state index < -0.39 is 0 Å². The molecule has 0 unspecified atom stereocenters. The van der Waals surface area contributed by atoms with Crippen LogP contribution in [0.25, 0.3) is 0 Å². The van der Waals surface area contributed by atoms with E-state index in [4.69, 9.17) is 0 Å². The van der Waals surface area contributed by atoms with Crippen molar-refractivity contribution in [3.8, 4) is 0 Å². The van der Waals surface area contributed by atoms with Crippen LogP contribution in [0.5, 0.6) is 0 Å². The van der Waals surface area contributed by atoms with Gasteiger partial charge in [-0.3, -0.25) is 4.79 Å². The number of carbonyl (C=O) groups is 1. The Hall–Kier alpha value is -1.25. The summed E-state index contributed by atoms with van der Waals surface area (Å²) in [7, 11) is 1.76. The van der Waals surface area contributed by atoms with Crippen molar-refractivity contribution in [2.45, 2.75) is 6.92 Å². The summed E-state index contributed by atoms with van der Waals surface area (Å²) < 4.78 is 0. The summed E-state index contributed by atoms with van der Waals surface area (Å²) in [5.74, 6) is -0.165. The normalized spacial score (nSPS) is 10.4. The van der Waals surface area contributed by atoms with Crippen LogP contribution in [0.15, 0.2) is 24.6 Å². The third kappa shape index (κ3) is 3.72. The smallest absolute Gasteiger partial charge is 0.249 e. The van der Waals surface area contributed by atoms with E-state index in [9.17, 15) is 4.79 Å². The minimum atomic E-state index is -0.165. The number of carbonyl (C=O) groups excluding carboxylic acids is 1. The summed E-state index contributed by atoms with van der Waals surface area (Å²) in [6.45, 7) is 5.16. The van der Waals surface area contributed by atoms with Gasteiger partial charge in [0.2, 0.25) is 5.91 Å². The van der Waals surface area contributed by atoms with Gasteiger partial charge in [0.1, 0.15) is 0 Å². The Bertz CT molecular complexity index is 161. The Morgan fingerprint density at radius 1 is 1.60 bits per heavy atom. The number of amides is 1. The summed E-state index contributed by atoms with van der Waals surface area (Å²) in [6, 6.07) is 0. The van der Waals surface area contributed by atoms with Gasteiger partial charge >= 0.3 is 0 Å². The molecule has 0 atom stereocenters. The molecule has 0 saturated carbocycles. The lowest BCUT2D eigenvalue weighted by Gasteiger charge is -1.96. The largest absolute Gasteiger partial charge is 0.391 e. The molecule has 0 aromatic rings. The number of hydrogen-bond acceptors (Lipinski definition) is 2. The molecule has 0 rings (SSSR count). The standard InChI is InChI=1S/C7H12N2O/c1-4-9-7(10)5-6(2)8-3/h4-5,8H,1H2,2-3H3,(H,9,10)/b6-5-. The molecule has 0 radical (unpaired) electrons. The molecule has 0 heterocycles. The Balaban J connectivity index is 3.86. The van der Waals surface area contributed by atoms with Crippen LogP contribution in [0.1, 0.15) is 6.92 Å². The van der Waals surface area contributed by atoms with Crippen molar-refractivity contribution in [3.63, 3.8) is 0 Å². The lowest BCUT2D eigenvalue weighted by Crippen LogP contribution is -2.15. The number of rotatable bonds is 3. The van der Waals surface area contributed by atoms with Gasteiger partial charge in [-0.25, -0.2) is 0 Å². The third-order valence-electron chi connectivity index (χ3n) is 0.986. The molecule has 2 N–H and O–H groups in total.